The number of benzene rings is 2. The van der Waals surface area contributed by atoms with Crippen molar-refractivity contribution in [2.24, 2.45) is 5.92 Å². The number of halogens is 1. The van der Waals surface area contributed by atoms with Crippen molar-refractivity contribution in [2.45, 2.75) is 12.8 Å². The van der Waals surface area contributed by atoms with Crippen LogP contribution < -0.4 is 10.1 Å². The van der Waals surface area contributed by atoms with Crippen LogP contribution in [0.3, 0.4) is 0 Å². The summed E-state index contributed by atoms with van der Waals surface area (Å²) in [5.74, 6) is 1.62. The summed E-state index contributed by atoms with van der Waals surface area (Å²) in [5.41, 5.74) is 2.56. The maximum Gasteiger partial charge on any atom is 0.223 e. The van der Waals surface area contributed by atoms with Crippen molar-refractivity contribution in [2.75, 3.05) is 38.3 Å². The Balaban J connectivity index is 1.50. The largest absolute Gasteiger partial charge is 0.496 e. The molecule has 1 fully saturated rings. The topological polar surface area (TPSA) is 84.4 Å². The lowest BCUT2D eigenvalue weighted by atomic mass is 9.98. The molecule has 3 aromatic rings. The van der Waals surface area contributed by atoms with Gasteiger partial charge in [-0.25, -0.2) is 22.7 Å². The van der Waals surface area contributed by atoms with E-state index in [9.17, 15) is 8.42 Å². The van der Waals surface area contributed by atoms with Gasteiger partial charge in [-0.2, -0.15) is 0 Å². The van der Waals surface area contributed by atoms with E-state index >= 15 is 0 Å². The van der Waals surface area contributed by atoms with Crippen molar-refractivity contribution in [3.63, 3.8) is 0 Å². The quantitative estimate of drug-likeness (QED) is 0.597. The molecule has 0 bridgehead atoms. The zero-order valence-electron chi connectivity index (χ0n) is 17.5. The number of piperidine rings is 1. The number of sulfonamides is 1. The monoisotopic (exact) mass is 460 g/mol. The lowest BCUT2D eigenvalue weighted by Gasteiger charge is -2.30. The smallest absolute Gasteiger partial charge is 0.223 e. The molecule has 0 unspecified atom stereocenters. The van der Waals surface area contributed by atoms with Crippen molar-refractivity contribution in [1.29, 1.82) is 0 Å². The number of ether oxygens (including phenoxy) is 1. The van der Waals surface area contributed by atoms with Crippen molar-refractivity contribution >= 4 is 38.5 Å². The van der Waals surface area contributed by atoms with Crippen LogP contribution in [0.2, 0.25) is 5.02 Å². The molecule has 0 saturated carbocycles. The van der Waals surface area contributed by atoms with Crippen LogP contribution in [0.25, 0.3) is 22.0 Å². The molecule has 1 aliphatic rings. The minimum absolute atomic E-state index is 0.384. The first-order valence-electron chi connectivity index (χ1n) is 10.1. The fourth-order valence-electron chi connectivity index (χ4n) is 3.88. The second kappa shape index (κ2) is 8.98. The van der Waals surface area contributed by atoms with Crippen molar-refractivity contribution in [3.05, 3.63) is 47.6 Å². The van der Waals surface area contributed by atoms with Crippen LogP contribution in [0.1, 0.15) is 12.8 Å². The van der Waals surface area contributed by atoms with Gasteiger partial charge in [-0.05, 0) is 30.9 Å². The van der Waals surface area contributed by atoms with E-state index in [1.165, 1.54) is 6.26 Å². The van der Waals surface area contributed by atoms with Gasteiger partial charge in [0.05, 0.1) is 18.9 Å². The molecule has 0 aliphatic carbocycles. The van der Waals surface area contributed by atoms with E-state index in [-0.39, 0.29) is 0 Å². The minimum atomic E-state index is -3.11. The average molecular weight is 461 g/mol. The predicted octanol–water partition coefficient (Wildman–Crippen LogP) is 4.04. The summed E-state index contributed by atoms with van der Waals surface area (Å²) in [6.07, 6.45) is 4.70. The number of fused-ring (bicyclic) bond motifs is 1. The number of nitrogens with zero attached hydrogens (tertiary/aromatic N) is 3. The second-order valence-electron chi connectivity index (χ2n) is 7.77. The molecular formula is C22H25ClN4O3S. The van der Waals surface area contributed by atoms with Gasteiger partial charge in [0.2, 0.25) is 16.0 Å². The summed E-state index contributed by atoms with van der Waals surface area (Å²) in [5, 5.41) is 4.85. The highest BCUT2D eigenvalue weighted by Crippen LogP contribution is 2.37. The molecule has 9 heteroatoms. The fraction of sp³-hybridized carbons (Fsp3) is 0.364. The molecule has 4 rings (SSSR count). The normalized spacial score (nSPS) is 15.8. The van der Waals surface area contributed by atoms with E-state index in [4.69, 9.17) is 16.3 Å². The number of aromatic nitrogens is 2. The zero-order valence-corrected chi connectivity index (χ0v) is 19.1. The summed E-state index contributed by atoms with van der Waals surface area (Å²) in [6.45, 7) is 1.83. The number of hydrogen-bond acceptors (Lipinski definition) is 6. The maximum absolute atomic E-state index is 11.7. The van der Waals surface area contributed by atoms with Crippen LogP contribution in [0.15, 0.2) is 42.6 Å². The lowest BCUT2D eigenvalue weighted by molar-refractivity contribution is 0.283. The first-order valence-corrected chi connectivity index (χ1v) is 12.4. The van der Waals surface area contributed by atoms with E-state index in [1.54, 1.807) is 17.6 Å². The number of rotatable bonds is 6. The summed E-state index contributed by atoms with van der Waals surface area (Å²) in [7, 11) is -1.48. The Morgan fingerprint density at radius 2 is 1.94 bits per heavy atom. The summed E-state index contributed by atoms with van der Waals surface area (Å²) in [6, 6.07) is 11.5. The third-order valence-corrected chi connectivity index (χ3v) is 7.29. The number of anilines is 1. The van der Waals surface area contributed by atoms with Gasteiger partial charge >= 0.3 is 0 Å². The van der Waals surface area contributed by atoms with E-state index in [0.29, 0.717) is 42.3 Å². The molecule has 1 N–H and O–H groups in total. The Bertz CT molecular complexity index is 1190. The molecule has 2 aromatic carbocycles. The maximum atomic E-state index is 11.7. The SMILES string of the molecule is COc1cc2nc(NCC3CCN(S(C)(=O)=O)CC3)ncc2cc1-c1ccccc1Cl. The second-order valence-corrected chi connectivity index (χ2v) is 10.2. The van der Waals surface area contributed by atoms with Crippen LogP contribution >= 0.6 is 11.6 Å². The van der Waals surface area contributed by atoms with E-state index < -0.39 is 10.0 Å². The molecule has 31 heavy (non-hydrogen) atoms. The van der Waals surface area contributed by atoms with Gasteiger partial charge < -0.3 is 10.1 Å². The molecule has 164 valence electrons. The molecule has 0 spiro atoms. The van der Waals surface area contributed by atoms with Gasteiger partial charge in [0.25, 0.3) is 0 Å². The average Bonchev–Trinajstić information content (AvgIpc) is 2.76. The van der Waals surface area contributed by atoms with Crippen LogP contribution in [0, 0.1) is 5.92 Å². The van der Waals surface area contributed by atoms with Gasteiger partial charge in [0.1, 0.15) is 5.75 Å². The first kappa shape index (κ1) is 21.8. The zero-order chi connectivity index (χ0) is 22.0. The molecule has 7 nitrogen and oxygen atoms in total. The Morgan fingerprint density at radius 3 is 2.61 bits per heavy atom. The molecule has 0 radical (unpaired) electrons. The molecule has 0 atom stereocenters. The first-order chi connectivity index (χ1) is 14.8. The molecule has 1 aromatic heterocycles. The van der Waals surface area contributed by atoms with Crippen LogP contribution in [0.4, 0.5) is 5.95 Å². The van der Waals surface area contributed by atoms with E-state index in [2.05, 4.69) is 15.3 Å². The third kappa shape index (κ3) is 4.92. The Kier molecular flexibility index (Phi) is 6.31. The van der Waals surface area contributed by atoms with Crippen molar-refractivity contribution < 1.29 is 13.2 Å². The molecule has 0 amide bonds. The lowest BCUT2D eigenvalue weighted by Crippen LogP contribution is -2.39. The van der Waals surface area contributed by atoms with E-state index in [1.807, 2.05) is 36.4 Å². The minimum Gasteiger partial charge on any atom is -0.496 e. The highest BCUT2D eigenvalue weighted by atomic mass is 35.5. The van der Waals surface area contributed by atoms with Gasteiger partial charge in [0, 0.05) is 53.4 Å². The van der Waals surface area contributed by atoms with Gasteiger partial charge in [-0.1, -0.05) is 29.8 Å². The molecule has 2 heterocycles. The Labute approximate surface area is 187 Å². The Morgan fingerprint density at radius 1 is 1.19 bits per heavy atom. The van der Waals surface area contributed by atoms with E-state index in [0.717, 1.165) is 34.9 Å². The van der Waals surface area contributed by atoms with Crippen molar-refractivity contribution in [1.82, 2.24) is 14.3 Å². The number of hydrogen-bond donors (Lipinski definition) is 1. The highest BCUT2D eigenvalue weighted by molar-refractivity contribution is 7.88. The predicted molar refractivity (Wildman–Crippen MR) is 124 cm³/mol. The van der Waals surface area contributed by atoms with Crippen LogP contribution in [0.5, 0.6) is 5.75 Å². The molecule has 1 aliphatic heterocycles. The van der Waals surface area contributed by atoms with Crippen LogP contribution in [-0.2, 0) is 10.0 Å². The molecule has 1 saturated heterocycles. The van der Waals surface area contributed by atoms with Gasteiger partial charge in [-0.3, -0.25) is 0 Å². The van der Waals surface area contributed by atoms with Crippen LogP contribution in [-0.4, -0.2) is 55.7 Å². The third-order valence-electron chi connectivity index (χ3n) is 5.66. The number of nitrogens with one attached hydrogen (secondary N) is 1. The van der Waals surface area contributed by atoms with Crippen molar-refractivity contribution in [3.8, 4) is 16.9 Å². The summed E-state index contributed by atoms with van der Waals surface area (Å²) < 4.78 is 30.5. The fourth-order valence-corrected chi connectivity index (χ4v) is 5.00. The standard InChI is InChI=1S/C22H25ClN4O3S/c1-30-21-12-20-16(11-18(21)17-5-3-4-6-19(17)23)14-25-22(26-20)24-13-15-7-9-27(10-8-15)31(2,28)29/h3-6,11-12,14-15H,7-10,13H2,1-2H3,(H,24,25,26). The Hall–Kier alpha value is -2.42. The van der Waals surface area contributed by atoms with Gasteiger partial charge in [-0.15, -0.1) is 0 Å². The summed E-state index contributed by atoms with van der Waals surface area (Å²) >= 11 is 6.38. The number of methoxy groups -OCH3 is 1. The highest BCUT2D eigenvalue weighted by Gasteiger charge is 2.24. The molecular weight excluding hydrogens is 436 g/mol. The van der Waals surface area contributed by atoms with Gasteiger partial charge in [0.15, 0.2) is 0 Å². The summed E-state index contributed by atoms with van der Waals surface area (Å²) in [4.78, 5) is 9.09.